The first kappa shape index (κ1) is 15.1. The Morgan fingerprint density at radius 2 is 1.95 bits per heavy atom. The zero-order valence-electron chi connectivity index (χ0n) is 12.0. The molecule has 0 spiro atoms. The molecule has 1 atom stereocenters. The summed E-state index contributed by atoms with van der Waals surface area (Å²) in [6, 6.07) is 0.109. The minimum absolute atomic E-state index is 0.0605. The second kappa shape index (κ2) is 6.31. The van der Waals surface area contributed by atoms with Crippen molar-refractivity contribution in [2.75, 3.05) is 17.7 Å². The molecule has 1 aromatic rings. The van der Waals surface area contributed by atoms with Gasteiger partial charge in [-0.15, -0.1) is 0 Å². The molecule has 0 bridgehead atoms. The lowest BCUT2D eigenvalue weighted by atomic mass is 10.1. The summed E-state index contributed by atoms with van der Waals surface area (Å²) in [5.74, 6) is 1.16. The first-order valence-electron chi connectivity index (χ1n) is 6.32. The van der Waals surface area contributed by atoms with E-state index in [1.54, 1.807) is 14.0 Å². The summed E-state index contributed by atoms with van der Waals surface area (Å²) in [7, 11) is 1.68. The minimum Gasteiger partial charge on any atom is -0.362 e. The van der Waals surface area contributed by atoms with E-state index in [2.05, 4.69) is 34.4 Å². The monoisotopic (exact) mass is 267 g/mol. The van der Waals surface area contributed by atoms with Gasteiger partial charge in [-0.3, -0.25) is 10.1 Å². The molecule has 7 nitrogen and oxygen atoms in total. The quantitative estimate of drug-likeness (QED) is 0.608. The van der Waals surface area contributed by atoms with Crippen LogP contribution in [-0.2, 0) is 0 Å². The molecule has 0 aromatic carbocycles. The van der Waals surface area contributed by atoms with Crippen LogP contribution >= 0.6 is 0 Å². The Kier molecular flexibility index (Phi) is 5.02. The Hall–Kier alpha value is -1.92. The number of nitrogens with one attached hydrogen (secondary N) is 2. The topological polar surface area (TPSA) is 93.0 Å². The average molecular weight is 267 g/mol. The average Bonchev–Trinajstić information content (AvgIpc) is 2.26. The molecule has 0 aliphatic carbocycles. The van der Waals surface area contributed by atoms with E-state index in [1.165, 1.54) is 0 Å². The summed E-state index contributed by atoms with van der Waals surface area (Å²) in [4.78, 5) is 18.8. The Bertz CT molecular complexity index is 462. The van der Waals surface area contributed by atoms with Crippen molar-refractivity contribution in [3.05, 3.63) is 15.8 Å². The van der Waals surface area contributed by atoms with Gasteiger partial charge in [0.1, 0.15) is 5.69 Å². The van der Waals surface area contributed by atoms with Gasteiger partial charge in [0.05, 0.1) is 4.92 Å². The predicted octanol–water partition coefficient (Wildman–Crippen LogP) is 2.58. The minimum atomic E-state index is -0.445. The molecule has 1 rings (SSSR count). The summed E-state index contributed by atoms with van der Waals surface area (Å²) in [6.07, 6.45) is 0.912. The van der Waals surface area contributed by atoms with E-state index in [9.17, 15) is 10.1 Å². The predicted molar refractivity (Wildman–Crippen MR) is 75.5 cm³/mol. The molecule has 0 radical (unpaired) electrons. The Morgan fingerprint density at radius 1 is 1.32 bits per heavy atom. The van der Waals surface area contributed by atoms with Gasteiger partial charge in [-0.05, 0) is 26.2 Å². The fourth-order valence-corrected chi connectivity index (χ4v) is 2.00. The van der Waals surface area contributed by atoms with Crippen molar-refractivity contribution in [2.24, 2.45) is 5.92 Å². The Labute approximate surface area is 113 Å². The molecule has 2 N–H and O–H groups in total. The normalized spacial score (nSPS) is 12.3. The standard InChI is InChI=1S/C12H21N5O2/c1-7(2)6-8(3)14-11-10(17(18)19)9(4)15-12(13-5)16-11/h7-8H,6H2,1-5H3,(H2,13,14,15,16). The number of anilines is 2. The summed E-state index contributed by atoms with van der Waals surface area (Å²) >= 11 is 0. The smallest absolute Gasteiger partial charge is 0.332 e. The van der Waals surface area contributed by atoms with Crippen LogP contribution in [0, 0.1) is 23.0 Å². The highest BCUT2D eigenvalue weighted by atomic mass is 16.6. The molecule has 1 heterocycles. The van der Waals surface area contributed by atoms with Gasteiger partial charge in [0.15, 0.2) is 0 Å². The van der Waals surface area contributed by atoms with Crippen molar-refractivity contribution in [3.8, 4) is 0 Å². The van der Waals surface area contributed by atoms with Crippen LogP contribution in [0.1, 0.15) is 32.9 Å². The van der Waals surface area contributed by atoms with Crippen molar-refractivity contribution in [2.45, 2.75) is 40.2 Å². The van der Waals surface area contributed by atoms with Gasteiger partial charge in [0, 0.05) is 13.1 Å². The third-order valence-electron chi connectivity index (χ3n) is 2.67. The van der Waals surface area contributed by atoms with Crippen molar-refractivity contribution in [3.63, 3.8) is 0 Å². The zero-order chi connectivity index (χ0) is 14.6. The van der Waals surface area contributed by atoms with Crippen LogP contribution in [0.4, 0.5) is 17.5 Å². The molecular weight excluding hydrogens is 246 g/mol. The molecule has 0 saturated carbocycles. The lowest BCUT2D eigenvalue weighted by Gasteiger charge is -2.17. The summed E-state index contributed by atoms with van der Waals surface area (Å²) < 4.78 is 0. The van der Waals surface area contributed by atoms with Crippen molar-refractivity contribution in [1.29, 1.82) is 0 Å². The third-order valence-corrected chi connectivity index (χ3v) is 2.67. The molecule has 7 heteroatoms. The number of hydrogen-bond donors (Lipinski definition) is 2. The lowest BCUT2D eigenvalue weighted by Crippen LogP contribution is -2.20. The van der Waals surface area contributed by atoms with Gasteiger partial charge in [0.25, 0.3) is 0 Å². The third kappa shape index (κ3) is 4.04. The number of nitrogens with zero attached hydrogens (tertiary/aromatic N) is 3. The molecule has 0 saturated heterocycles. The number of rotatable bonds is 6. The van der Waals surface area contributed by atoms with E-state index < -0.39 is 4.92 Å². The van der Waals surface area contributed by atoms with Crippen LogP contribution in [0.2, 0.25) is 0 Å². The van der Waals surface area contributed by atoms with Crippen molar-refractivity contribution < 1.29 is 4.92 Å². The highest BCUT2D eigenvalue weighted by Gasteiger charge is 2.23. The van der Waals surface area contributed by atoms with Crippen molar-refractivity contribution in [1.82, 2.24) is 9.97 Å². The number of nitro groups is 1. The van der Waals surface area contributed by atoms with Crippen LogP contribution in [0.15, 0.2) is 0 Å². The molecule has 0 aliphatic heterocycles. The number of aromatic nitrogens is 2. The zero-order valence-corrected chi connectivity index (χ0v) is 12.0. The summed E-state index contributed by atoms with van der Waals surface area (Å²) in [5.41, 5.74) is 0.290. The van der Waals surface area contributed by atoms with Crippen LogP contribution in [0.3, 0.4) is 0 Å². The first-order chi connectivity index (χ1) is 8.85. The van der Waals surface area contributed by atoms with Gasteiger partial charge < -0.3 is 10.6 Å². The fraction of sp³-hybridized carbons (Fsp3) is 0.667. The molecular formula is C12H21N5O2. The molecule has 0 aliphatic rings. The van der Waals surface area contributed by atoms with E-state index in [4.69, 9.17) is 0 Å². The SMILES string of the molecule is CNc1nc(C)c([N+](=O)[O-])c(NC(C)CC(C)C)n1. The number of aryl methyl sites for hydroxylation is 1. The van der Waals surface area contributed by atoms with E-state index >= 15 is 0 Å². The maximum Gasteiger partial charge on any atom is 0.332 e. The highest BCUT2D eigenvalue weighted by molar-refractivity contribution is 5.61. The van der Waals surface area contributed by atoms with Gasteiger partial charge in [0.2, 0.25) is 11.8 Å². The van der Waals surface area contributed by atoms with Crippen LogP contribution in [-0.4, -0.2) is 28.0 Å². The van der Waals surface area contributed by atoms with E-state index in [0.717, 1.165) is 6.42 Å². The largest absolute Gasteiger partial charge is 0.362 e. The van der Waals surface area contributed by atoms with Crippen LogP contribution < -0.4 is 10.6 Å². The summed E-state index contributed by atoms with van der Waals surface area (Å²) in [6.45, 7) is 7.81. The van der Waals surface area contributed by atoms with E-state index in [0.29, 0.717) is 17.6 Å². The molecule has 1 aromatic heterocycles. The van der Waals surface area contributed by atoms with Gasteiger partial charge in [-0.1, -0.05) is 13.8 Å². The van der Waals surface area contributed by atoms with E-state index in [-0.39, 0.29) is 17.5 Å². The Balaban J connectivity index is 3.09. The van der Waals surface area contributed by atoms with Gasteiger partial charge in [-0.2, -0.15) is 4.98 Å². The highest BCUT2D eigenvalue weighted by Crippen LogP contribution is 2.27. The Morgan fingerprint density at radius 3 is 2.42 bits per heavy atom. The molecule has 1 unspecified atom stereocenters. The first-order valence-corrected chi connectivity index (χ1v) is 6.32. The van der Waals surface area contributed by atoms with Crippen LogP contribution in [0.5, 0.6) is 0 Å². The molecule has 0 amide bonds. The van der Waals surface area contributed by atoms with Gasteiger partial charge >= 0.3 is 5.69 Å². The maximum atomic E-state index is 11.1. The van der Waals surface area contributed by atoms with E-state index in [1.807, 2.05) is 6.92 Å². The van der Waals surface area contributed by atoms with Crippen LogP contribution in [0.25, 0.3) is 0 Å². The summed E-state index contributed by atoms with van der Waals surface area (Å²) in [5, 5.41) is 17.0. The second-order valence-corrected chi connectivity index (χ2v) is 5.01. The van der Waals surface area contributed by atoms with Crippen molar-refractivity contribution >= 4 is 17.5 Å². The lowest BCUT2D eigenvalue weighted by molar-refractivity contribution is -0.385. The second-order valence-electron chi connectivity index (χ2n) is 5.01. The molecule has 0 fully saturated rings. The maximum absolute atomic E-state index is 11.1. The number of hydrogen-bond acceptors (Lipinski definition) is 6. The van der Waals surface area contributed by atoms with Gasteiger partial charge in [-0.25, -0.2) is 4.98 Å². The molecule has 106 valence electrons. The fourth-order valence-electron chi connectivity index (χ4n) is 2.00. The molecule has 19 heavy (non-hydrogen) atoms.